The van der Waals surface area contributed by atoms with E-state index in [4.69, 9.17) is 10.00 Å². The maximum Gasteiger partial charge on any atom is 0.242 e. The summed E-state index contributed by atoms with van der Waals surface area (Å²) in [6.07, 6.45) is 1.51. The molecule has 0 spiro atoms. The van der Waals surface area contributed by atoms with Crippen molar-refractivity contribution < 1.29 is 13.9 Å². The van der Waals surface area contributed by atoms with Gasteiger partial charge in [-0.3, -0.25) is 9.69 Å². The predicted octanol–water partition coefficient (Wildman–Crippen LogP) is 1.42. The zero-order valence-electron chi connectivity index (χ0n) is 12.9. The summed E-state index contributed by atoms with van der Waals surface area (Å²) in [5, 5.41) is 11.6. The summed E-state index contributed by atoms with van der Waals surface area (Å²) in [7, 11) is 3.14. The van der Waals surface area contributed by atoms with Crippen LogP contribution in [0.5, 0.6) is 0 Å². The van der Waals surface area contributed by atoms with E-state index in [2.05, 4.69) is 5.32 Å². The van der Waals surface area contributed by atoms with Gasteiger partial charge >= 0.3 is 0 Å². The molecule has 1 aromatic carbocycles. The van der Waals surface area contributed by atoms with E-state index in [0.717, 1.165) is 6.42 Å². The average molecular weight is 305 g/mol. The third-order valence-electron chi connectivity index (χ3n) is 4.22. The number of nitriles is 1. The number of hydrogen-bond acceptors (Lipinski definition) is 4. The fourth-order valence-corrected chi connectivity index (χ4v) is 3.12. The number of nitrogens with zero attached hydrogens (tertiary/aromatic N) is 2. The van der Waals surface area contributed by atoms with E-state index in [0.29, 0.717) is 18.5 Å². The minimum atomic E-state index is -0.779. The highest BCUT2D eigenvalue weighted by Gasteiger charge is 2.47. The van der Waals surface area contributed by atoms with Crippen LogP contribution in [0.4, 0.5) is 4.39 Å². The molecule has 1 atom stereocenters. The second-order valence-corrected chi connectivity index (χ2v) is 5.46. The monoisotopic (exact) mass is 305 g/mol. The summed E-state index contributed by atoms with van der Waals surface area (Å²) in [6, 6.07) is 6.60. The standard InChI is InChI=1S/C16H20FN3O2/c1-19-15(21)16(11-22-2)7-4-8-20(16)10-13-6-3-5-12(9-18)14(13)17/h3,5-6H,4,7-8,10-11H2,1-2H3,(H,19,21). The van der Waals surface area contributed by atoms with Crippen LogP contribution in [0.1, 0.15) is 24.0 Å². The van der Waals surface area contributed by atoms with Crippen molar-refractivity contribution in [3.63, 3.8) is 0 Å². The fourth-order valence-electron chi connectivity index (χ4n) is 3.12. The molecule has 1 saturated heterocycles. The number of rotatable bonds is 5. The zero-order chi connectivity index (χ0) is 16.2. The van der Waals surface area contributed by atoms with Gasteiger partial charge in [0, 0.05) is 26.3 Å². The van der Waals surface area contributed by atoms with Crippen molar-refractivity contribution in [3.05, 3.63) is 35.1 Å². The van der Waals surface area contributed by atoms with Crippen molar-refractivity contribution in [3.8, 4) is 6.07 Å². The Bertz CT molecular complexity index is 600. The fraction of sp³-hybridized carbons (Fsp3) is 0.500. The molecule has 0 aliphatic carbocycles. The van der Waals surface area contributed by atoms with Crippen LogP contribution in [0, 0.1) is 17.1 Å². The lowest BCUT2D eigenvalue weighted by Crippen LogP contribution is -2.57. The SMILES string of the molecule is CNC(=O)C1(COC)CCCN1Cc1cccc(C#N)c1F. The highest BCUT2D eigenvalue weighted by Crippen LogP contribution is 2.32. The van der Waals surface area contributed by atoms with Gasteiger partial charge in [-0.15, -0.1) is 0 Å². The molecule has 118 valence electrons. The van der Waals surface area contributed by atoms with Gasteiger partial charge in [-0.2, -0.15) is 5.26 Å². The number of methoxy groups -OCH3 is 1. The van der Waals surface area contributed by atoms with E-state index in [9.17, 15) is 9.18 Å². The summed E-state index contributed by atoms with van der Waals surface area (Å²) in [5.74, 6) is -0.635. The first-order chi connectivity index (χ1) is 10.6. The van der Waals surface area contributed by atoms with Crippen LogP contribution >= 0.6 is 0 Å². The summed E-state index contributed by atoms with van der Waals surface area (Å²) < 4.78 is 19.5. The van der Waals surface area contributed by atoms with Crippen molar-refractivity contribution in [1.29, 1.82) is 5.26 Å². The number of hydrogen-bond donors (Lipinski definition) is 1. The molecule has 1 aliphatic heterocycles. The largest absolute Gasteiger partial charge is 0.382 e. The van der Waals surface area contributed by atoms with Crippen molar-refractivity contribution in [1.82, 2.24) is 10.2 Å². The van der Waals surface area contributed by atoms with Gasteiger partial charge in [-0.05, 0) is 25.5 Å². The van der Waals surface area contributed by atoms with Gasteiger partial charge in [0.1, 0.15) is 17.4 Å². The van der Waals surface area contributed by atoms with E-state index < -0.39 is 11.4 Å². The lowest BCUT2D eigenvalue weighted by Gasteiger charge is -2.36. The highest BCUT2D eigenvalue weighted by atomic mass is 19.1. The van der Waals surface area contributed by atoms with Gasteiger partial charge in [0.15, 0.2) is 0 Å². The first-order valence-corrected chi connectivity index (χ1v) is 7.22. The van der Waals surface area contributed by atoms with Gasteiger partial charge < -0.3 is 10.1 Å². The topological polar surface area (TPSA) is 65.4 Å². The van der Waals surface area contributed by atoms with Crippen molar-refractivity contribution in [2.24, 2.45) is 0 Å². The van der Waals surface area contributed by atoms with Crippen molar-refractivity contribution in [2.45, 2.75) is 24.9 Å². The predicted molar refractivity (Wildman–Crippen MR) is 79.4 cm³/mol. The van der Waals surface area contributed by atoms with E-state index in [1.54, 1.807) is 26.3 Å². The highest BCUT2D eigenvalue weighted by molar-refractivity contribution is 5.86. The molecule has 1 aliphatic rings. The molecule has 1 amide bonds. The lowest BCUT2D eigenvalue weighted by molar-refractivity contribution is -0.135. The Labute approximate surface area is 129 Å². The Morgan fingerprint density at radius 1 is 1.59 bits per heavy atom. The van der Waals surface area contributed by atoms with Crippen molar-refractivity contribution in [2.75, 3.05) is 27.3 Å². The van der Waals surface area contributed by atoms with E-state index in [1.807, 2.05) is 11.0 Å². The van der Waals surface area contributed by atoms with Crippen LogP contribution in [-0.2, 0) is 16.1 Å². The van der Waals surface area contributed by atoms with Gasteiger partial charge in [0.25, 0.3) is 0 Å². The molecule has 1 aromatic rings. The Hall–Kier alpha value is -1.97. The molecule has 22 heavy (non-hydrogen) atoms. The summed E-state index contributed by atoms with van der Waals surface area (Å²) >= 11 is 0. The molecule has 6 heteroatoms. The van der Waals surface area contributed by atoms with Crippen LogP contribution in [-0.4, -0.2) is 43.7 Å². The summed E-state index contributed by atoms with van der Waals surface area (Å²) in [5.41, 5.74) is -0.335. The number of carbonyl (C=O) groups is 1. The molecule has 1 fully saturated rings. The van der Waals surface area contributed by atoms with Gasteiger partial charge in [0.05, 0.1) is 12.2 Å². The molecule has 1 N–H and O–H groups in total. The summed E-state index contributed by atoms with van der Waals surface area (Å²) in [6.45, 7) is 1.22. The van der Waals surface area contributed by atoms with Crippen LogP contribution in [0.15, 0.2) is 18.2 Å². The molecule has 0 radical (unpaired) electrons. The Kier molecular flexibility index (Phi) is 5.11. The third kappa shape index (κ3) is 2.82. The van der Waals surface area contributed by atoms with Gasteiger partial charge in [-0.25, -0.2) is 4.39 Å². The summed E-state index contributed by atoms with van der Waals surface area (Å²) in [4.78, 5) is 14.3. The Morgan fingerprint density at radius 3 is 3.00 bits per heavy atom. The van der Waals surface area contributed by atoms with Crippen LogP contribution in [0.25, 0.3) is 0 Å². The van der Waals surface area contributed by atoms with Crippen molar-refractivity contribution >= 4 is 5.91 Å². The molecule has 0 saturated carbocycles. The minimum absolute atomic E-state index is 0.0222. The lowest BCUT2D eigenvalue weighted by atomic mass is 9.95. The van der Waals surface area contributed by atoms with E-state index in [-0.39, 0.29) is 24.6 Å². The molecular weight excluding hydrogens is 285 g/mol. The maximum atomic E-state index is 14.3. The Balaban J connectivity index is 2.31. The van der Waals surface area contributed by atoms with Gasteiger partial charge in [-0.1, -0.05) is 12.1 Å². The normalized spacial score (nSPS) is 21.5. The molecule has 0 aromatic heterocycles. The molecule has 5 nitrogen and oxygen atoms in total. The molecule has 1 heterocycles. The molecule has 2 rings (SSSR count). The molecule has 1 unspecified atom stereocenters. The van der Waals surface area contributed by atoms with E-state index in [1.165, 1.54) is 6.07 Å². The number of carbonyl (C=O) groups excluding carboxylic acids is 1. The Morgan fingerprint density at radius 2 is 2.36 bits per heavy atom. The number of halogens is 1. The number of likely N-dealkylation sites (tertiary alicyclic amines) is 1. The average Bonchev–Trinajstić information content (AvgIpc) is 2.92. The number of amides is 1. The molecular formula is C16H20FN3O2. The zero-order valence-corrected chi connectivity index (χ0v) is 12.9. The molecule has 0 bridgehead atoms. The maximum absolute atomic E-state index is 14.3. The van der Waals surface area contributed by atoms with Crippen LogP contribution < -0.4 is 5.32 Å². The van der Waals surface area contributed by atoms with Crippen LogP contribution in [0.3, 0.4) is 0 Å². The number of ether oxygens (including phenoxy) is 1. The smallest absolute Gasteiger partial charge is 0.242 e. The number of nitrogens with one attached hydrogen (secondary N) is 1. The van der Waals surface area contributed by atoms with E-state index >= 15 is 0 Å². The minimum Gasteiger partial charge on any atom is -0.382 e. The number of likely N-dealkylation sites (N-methyl/N-ethyl adjacent to an activating group) is 1. The van der Waals surface area contributed by atoms with Gasteiger partial charge in [0.2, 0.25) is 5.91 Å². The first kappa shape index (κ1) is 16.4. The second-order valence-electron chi connectivity index (χ2n) is 5.46. The number of benzene rings is 1. The second kappa shape index (κ2) is 6.86. The third-order valence-corrected chi connectivity index (χ3v) is 4.22. The van der Waals surface area contributed by atoms with Crippen LogP contribution in [0.2, 0.25) is 0 Å². The first-order valence-electron chi connectivity index (χ1n) is 7.22. The quantitative estimate of drug-likeness (QED) is 0.893.